The molecule has 1 aromatic heterocycles. The number of anilines is 1. The van der Waals surface area contributed by atoms with Crippen LogP contribution in [0.5, 0.6) is 0 Å². The molecule has 2 heterocycles. The van der Waals surface area contributed by atoms with Gasteiger partial charge in [-0.15, -0.1) is 0 Å². The van der Waals surface area contributed by atoms with E-state index in [0.717, 1.165) is 13.0 Å². The molecule has 1 atom stereocenters. The maximum Gasteiger partial charge on any atom is 0.338 e. The molecule has 1 N–H and O–H groups in total. The highest BCUT2D eigenvalue weighted by Crippen LogP contribution is 2.36. The minimum Gasteiger partial charge on any atom is -0.462 e. The molecule has 0 bridgehead atoms. The molecule has 1 aliphatic heterocycles. The zero-order valence-electron chi connectivity index (χ0n) is 16.9. The van der Waals surface area contributed by atoms with Gasteiger partial charge in [0.2, 0.25) is 9.74 Å². The minimum atomic E-state index is -1.79. The van der Waals surface area contributed by atoms with Crippen LogP contribution < -0.4 is 5.32 Å². The van der Waals surface area contributed by atoms with Gasteiger partial charge in [0.25, 0.3) is 0 Å². The number of benzene rings is 1. The van der Waals surface area contributed by atoms with Crippen molar-refractivity contribution in [2.75, 3.05) is 32.1 Å². The van der Waals surface area contributed by atoms with Crippen LogP contribution in [-0.4, -0.2) is 58.6 Å². The third-order valence-corrected chi connectivity index (χ3v) is 5.47. The second kappa shape index (κ2) is 10.1. The van der Waals surface area contributed by atoms with Crippen molar-refractivity contribution in [1.82, 2.24) is 19.9 Å². The van der Waals surface area contributed by atoms with Crippen LogP contribution in [0.3, 0.4) is 0 Å². The molecule has 0 saturated carbocycles. The zero-order valence-corrected chi connectivity index (χ0v) is 19.1. The highest BCUT2D eigenvalue weighted by Gasteiger charge is 2.29. The number of nitrogens with zero attached hydrogens (tertiary/aromatic N) is 4. The van der Waals surface area contributed by atoms with Crippen molar-refractivity contribution in [1.29, 1.82) is 0 Å². The average Bonchev–Trinajstić information content (AvgIpc) is 2.72. The van der Waals surface area contributed by atoms with Crippen LogP contribution in [0.25, 0.3) is 11.4 Å². The molecule has 10 heteroatoms. The Morgan fingerprint density at radius 3 is 2.57 bits per heavy atom. The first-order chi connectivity index (χ1) is 14.3. The number of likely N-dealkylation sites (tertiary alicyclic amines) is 1. The van der Waals surface area contributed by atoms with Gasteiger partial charge in [0.1, 0.15) is 0 Å². The summed E-state index contributed by atoms with van der Waals surface area (Å²) in [4.78, 5) is 27.3. The Kier molecular flexibility index (Phi) is 7.74. The predicted octanol–water partition coefficient (Wildman–Crippen LogP) is 4.44. The Bertz CT molecular complexity index is 874. The van der Waals surface area contributed by atoms with E-state index in [4.69, 9.17) is 39.5 Å². The number of esters is 1. The summed E-state index contributed by atoms with van der Waals surface area (Å²) < 4.78 is 3.22. The fraction of sp³-hybridized carbons (Fsp3) is 0.500. The van der Waals surface area contributed by atoms with Gasteiger partial charge in [0.15, 0.2) is 11.6 Å². The Morgan fingerprint density at radius 1 is 1.20 bits per heavy atom. The first-order valence-corrected chi connectivity index (χ1v) is 11.0. The molecule has 1 saturated heterocycles. The summed E-state index contributed by atoms with van der Waals surface area (Å²) in [6.45, 7) is 3.82. The molecule has 0 aliphatic carbocycles. The van der Waals surface area contributed by atoms with E-state index in [-0.39, 0.29) is 11.8 Å². The second-order valence-electron chi connectivity index (χ2n) is 7.11. The maximum atomic E-state index is 11.9. The van der Waals surface area contributed by atoms with E-state index >= 15 is 0 Å². The van der Waals surface area contributed by atoms with Gasteiger partial charge in [-0.3, -0.25) is 0 Å². The Hall–Kier alpha value is -1.67. The van der Waals surface area contributed by atoms with E-state index in [2.05, 4.69) is 32.2 Å². The van der Waals surface area contributed by atoms with Crippen molar-refractivity contribution < 1.29 is 9.53 Å². The molecule has 0 radical (unpaired) electrons. The second-order valence-corrected chi connectivity index (χ2v) is 9.39. The van der Waals surface area contributed by atoms with Crippen molar-refractivity contribution in [3.8, 4) is 11.4 Å². The molecular formula is C20H24Cl3N5O2. The minimum absolute atomic E-state index is 0.0338. The topological polar surface area (TPSA) is 80.2 Å². The molecule has 7 nitrogen and oxygen atoms in total. The molecule has 1 fully saturated rings. The number of carbonyl (C=O) groups is 1. The normalized spacial score (nSPS) is 17.6. The summed E-state index contributed by atoms with van der Waals surface area (Å²) >= 11 is 18.1. The van der Waals surface area contributed by atoms with Crippen LogP contribution in [0.15, 0.2) is 24.3 Å². The van der Waals surface area contributed by atoms with Gasteiger partial charge in [0, 0.05) is 18.2 Å². The number of carbonyl (C=O) groups excluding carboxylic acids is 1. The van der Waals surface area contributed by atoms with Crippen molar-refractivity contribution in [2.24, 2.45) is 0 Å². The van der Waals surface area contributed by atoms with Gasteiger partial charge < -0.3 is 15.0 Å². The van der Waals surface area contributed by atoms with Gasteiger partial charge in [0.05, 0.1) is 12.2 Å². The van der Waals surface area contributed by atoms with Gasteiger partial charge >= 0.3 is 5.97 Å². The summed E-state index contributed by atoms with van der Waals surface area (Å²) in [5, 5.41) is 3.26. The molecule has 1 aliphatic rings. The van der Waals surface area contributed by atoms with E-state index in [1.165, 1.54) is 12.8 Å². The lowest BCUT2D eigenvalue weighted by molar-refractivity contribution is 0.0526. The average molecular weight is 473 g/mol. The summed E-state index contributed by atoms with van der Waals surface area (Å²) in [7, 11) is 2.11. The first kappa shape index (κ1) is 23.0. The molecule has 162 valence electrons. The van der Waals surface area contributed by atoms with Crippen molar-refractivity contribution in [3.63, 3.8) is 0 Å². The monoisotopic (exact) mass is 471 g/mol. The molecule has 3 rings (SSSR count). The van der Waals surface area contributed by atoms with E-state index in [1.54, 1.807) is 31.2 Å². The van der Waals surface area contributed by atoms with Gasteiger partial charge in [-0.1, -0.05) is 53.4 Å². The fourth-order valence-corrected chi connectivity index (χ4v) is 3.55. The number of hydrogen-bond donors (Lipinski definition) is 1. The number of likely N-dealkylation sites (N-methyl/N-ethyl adjacent to an activating group) is 1. The highest BCUT2D eigenvalue weighted by molar-refractivity contribution is 6.66. The van der Waals surface area contributed by atoms with Crippen LogP contribution in [0.4, 0.5) is 5.95 Å². The lowest BCUT2D eigenvalue weighted by Gasteiger charge is -2.32. The van der Waals surface area contributed by atoms with Gasteiger partial charge in [-0.2, -0.15) is 9.97 Å². The first-order valence-electron chi connectivity index (χ1n) is 9.83. The Labute approximate surface area is 191 Å². The number of halogens is 3. The summed E-state index contributed by atoms with van der Waals surface area (Å²) in [6.07, 6.45) is 3.52. The lowest BCUT2D eigenvalue weighted by Crippen LogP contribution is -2.41. The summed E-state index contributed by atoms with van der Waals surface area (Å²) in [5.41, 5.74) is 1.11. The largest absolute Gasteiger partial charge is 0.462 e. The van der Waals surface area contributed by atoms with Gasteiger partial charge in [-0.05, 0) is 45.5 Å². The number of piperidine rings is 1. The van der Waals surface area contributed by atoms with E-state index in [9.17, 15) is 4.79 Å². The molecule has 0 amide bonds. The summed E-state index contributed by atoms with van der Waals surface area (Å²) in [6, 6.07) is 7.14. The number of hydrogen-bond acceptors (Lipinski definition) is 7. The van der Waals surface area contributed by atoms with Crippen LogP contribution in [0.1, 0.15) is 42.4 Å². The molecular weight excluding hydrogens is 449 g/mol. The highest BCUT2D eigenvalue weighted by atomic mass is 35.6. The molecule has 2 aromatic rings. The summed E-state index contributed by atoms with van der Waals surface area (Å²) in [5.74, 6) is 0.336. The Morgan fingerprint density at radius 2 is 1.93 bits per heavy atom. The number of ether oxygens (including phenoxy) is 1. The van der Waals surface area contributed by atoms with Crippen LogP contribution in [0, 0.1) is 0 Å². The SMILES string of the molecule is CCOC(=O)c1ccc(-c2nc(NCC3CCCCN3C)nc(C(Cl)(Cl)Cl)n2)cc1. The third-order valence-electron chi connectivity index (χ3n) is 4.96. The van der Waals surface area contributed by atoms with E-state index in [1.807, 2.05) is 0 Å². The fourth-order valence-electron chi connectivity index (χ4n) is 3.29. The standard InChI is InChI=1S/C20H24Cl3N5O2/c1-3-30-17(29)14-9-7-13(8-10-14)16-25-18(20(21,22)23)27-19(26-16)24-12-15-6-4-5-11-28(15)2/h7-10,15H,3-6,11-12H2,1-2H3,(H,24,25,26,27). The zero-order chi connectivity index (χ0) is 21.7. The van der Waals surface area contributed by atoms with Crippen molar-refractivity contribution in [3.05, 3.63) is 35.7 Å². The molecule has 1 unspecified atom stereocenters. The number of aromatic nitrogens is 3. The molecule has 1 aromatic carbocycles. The van der Waals surface area contributed by atoms with Crippen molar-refractivity contribution in [2.45, 2.75) is 36.0 Å². The van der Waals surface area contributed by atoms with Crippen LogP contribution >= 0.6 is 34.8 Å². The van der Waals surface area contributed by atoms with E-state index in [0.29, 0.717) is 42.1 Å². The third kappa shape index (κ3) is 5.94. The van der Waals surface area contributed by atoms with Crippen LogP contribution in [0.2, 0.25) is 0 Å². The quantitative estimate of drug-likeness (QED) is 0.492. The predicted molar refractivity (Wildman–Crippen MR) is 119 cm³/mol. The number of rotatable bonds is 6. The van der Waals surface area contributed by atoms with E-state index < -0.39 is 3.79 Å². The maximum absolute atomic E-state index is 11.9. The molecule has 0 spiro atoms. The van der Waals surface area contributed by atoms with Crippen molar-refractivity contribution >= 4 is 46.7 Å². The lowest BCUT2D eigenvalue weighted by atomic mass is 10.0. The number of alkyl halides is 3. The molecule has 30 heavy (non-hydrogen) atoms. The number of nitrogens with one attached hydrogen (secondary N) is 1. The van der Waals surface area contributed by atoms with Crippen LogP contribution in [-0.2, 0) is 8.53 Å². The van der Waals surface area contributed by atoms with Gasteiger partial charge in [-0.25, -0.2) is 9.78 Å². The Balaban J connectivity index is 1.84. The smallest absolute Gasteiger partial charge is 0.338 e.